The van der Waals surface area contributed by atoms with Gasteiger partial charge in [0, 0.05) is 29.9 Å². The summed E-state index contributed by atoms with van der Waals surface area (Å²) in [5.74, 6) is 0. The van der Waals surface area contributed by atoms with Crippen molar-refractivity contribution in [2.75, 3.05) is 31.5 Å². The van der Waals surface area contributed by atoms with Crippen LogP contribution in [-0.2, 0) is 0 Å². The van der Waals surface area contributed by atoms with E-state index in [4.69, 9.17) is 16.0 Å². The molecule has 3 rings (SSSR count). The molecule has 25 heavy (non-hydrogen) atoms. The van der Waals surface area contributed by atoms with Gasteiger partial charge in [0.2, 0.25) is 5.43 Å². The van der Waals surface area contributed by atoms with E-state index in [-0.39, 0.29) is 5.43 Å². The predicted molar refractivity (Wildman–Crippen MR) is 106 cm³/mol. The number of benzene rings is 2. The Labute approximate surface area is 152 Å². The van der Waals surface area contributed by atoms with Gasteiger partial charge in [0.1, 0.15) is 11.2 Å². The molecule has 5 heteroatoms. The third kappa shape index (κ3) is 3.51. The molecule has 0 amide bonds. The number of likely N-dealkylation sites (N-methyl/N-ethyl adjacent to an activating group) is 1. The standard InChI is InChI=1S/C20H23ClN2O2/c1-4-23(5-2)11-10-22-16-9-6-13(3)20-18(16)19(24)15-8-7-14(21)12-17(15)25-20/h6-9,12,22H,4-5,10-11H2,1-3H3. The van der Waals surface area contributed by atoms with Crippen molar-refractivity contribution in [2.45, 2.75) is 20.8 Å². The van der Waals surface area contributed by atoms with Gasteiger partial charge in [-0.1, -0.05) is 31.5 Å². The number of nitrogens with one attached hydrogen (secondary N) is 1. The first kappa shape index (κ1) is 17.8. The summed E-state index contributed by atoms with van der Waals surface area (Å²) in [6.45, 7) is 9.98. The zero-order valence-corrected chi connectivity index (χ0v) is 15.6. The molecule has 0 saturated heterocycles. The van der Waals surface area contributed by atoms with E-state index >= 15 is 0 Å². The molecule has 2 aromatic carbocycles. The average Bonchev–Trinajstić information content (AvgIpc) is 2.60. The van der Waals surface area contributed by atoms with Crippen LogP contribution in [0.15, 0.2) is 39.5 Å². The number of halogens is 1. The maximum Gasteiger partial charge on any atom is 0.202 e. The molecule has 0 saturated carbocycles. The molecule has 0 aliphatic heterocycles. The van der Waals surface area contributed by atoms with Crippen LogP contribution in [0.3, 0.4) is 0 Å². The van der Waals surface area contributed by atoms with Crippen molar-refractivity contribution in [3.05, 3.63) is 51.1 Å². The molecule has 0 aliphatic rings. The number of nitrogens with zero attached hydrogens (tertiary/aromatic N) is 1. The van der Waals surface area contributed by atoms with Crippen LogP contribution >= 0.6 is 11.6 Å². The second-order valence-electron chi connectivity index (χ2n) is 6.16. The Hall–Kier alpha value is -2.04. The first-order chi connectivity index (χ1) is 12.0. The monoisotopic (exact) mass is 358 g/mol. The van der Waals surface area contributed by atoms with E-state index in [0.717, 1.165) is 37.4 Å². The van der Waals surface area contributed by atoms with E-state index in [1.165, 1.54) is 0 Å². The second-order valence-corrected chi connectivity index (χ2v) is 6.60. The van der Waals surface area contributed by atoms with Crippen molar-refractivity contribution in [3.63, 3.8) is 0 Å². The van der Waals surface area contributed by atoms with Gasteiger partial charge >= 0.3 is 0 Å². The quantitative estimate of drug-likeness (QED) is 0.651. The minimum atomic E-state index is -0.0260. The summed E-state index contributed by atoms with van der Waals surface area (Å²) in [6.07, 6.45) is 0. The first-order valence-electron chi connectivity index (χ1n) is 8.67. The van der Waals surface area contributed by atoms with E-state index in [9.17, 15) is 4.79 Å². The van der Waals surface area contributed by atoms with Crippen LogP contribution < -0.4 is 10.7 Å². The van der Waals surface area contributed by atoms with Crippen LogP contribution in [0.25, 0.3) is 21.9 Å². The molecule has 1 aromatic heterocycles. The van der Waals surface area contributed by atoms with E-state index in [2.05, 4.69) is 24.1 Å². The Morgan fingerprint density at radius 1 is 1.16 bits per heavy atom. The zero-order valence-electron chi connectivity index (χ0n) is 14.9. The Kier molecular flexibility index (Phi) is 5.30. The summed E-state index contributed by atoms with van der Waals surface area (Å²) in [4.78, 5) is 15.4. The highest BCUT2D eigenvalue weighted by atomic mass is 35.5. The van der Waals surface area contributed by atoms with Crippen LogP contribution in [0, 0.1) is 6.92 Å². The van der Waals surface area contributed by atoms with Crippen LogP contribution in [-0.4, -0.2) is 31.1 Å². The summed E-state index contributed by atoms with van der Waals surface area (Å²) in [7, 11) is 0. The molecule has 0 spiro atoms. The molecule has 0 fully saturated rings. The first-order valence-corrected chi connectivity index (χ1v) is 9.04. The molecule has 1 N–H and O–H groups in total. The van der Waals surface area contributed by atoms with Crippen molar-refractivity contribution in [1.29, 1.82) is 0 Å². The third-order valence-corrected chi connectivity index (χ3v) is 4.85. The second kappa shape index (κ2) is 7.46. The van der Waals surface area contributed by atoms with Crippen LogP contribution in [0.1, 0.15) is 19.4 Å². The van der Waals surface area contributed by atoms with Crippen LogP contribution in [0.4, 0.5) is 5.69 Å². The van der Waals surface area contributed by atoms with E-state index in [0.29, 0.717) is 27.0 Å². The SMILES string of the molecule is CCN(CC)CCNc1ccc(C)c2oc3cc(Cl)ccc3c(=O)c12. The van der Waals surface area contributed by atoms with Gasteiger partial charge in [-0.25, -0.2) is 0 Å². The number of hydrogen-bond donors (Lipinski definition) is 1. The summed E-state index contributed by atoms with van der Waals surface area (Å²) >= 11 is 6.04. The largest absolute Gasteiger partial charge is 0.455 e. The van der Waals surface area contributed by atoms with Gasteiger partial charge in [-0.2, -0.15) is 0 Å². The molecular weight excluding hydrogens is 336 g/mol. The third-order valence-electron chi connectivity index (χ3n) is 4.62. The Morgan fingerprint density at radius 2 is 1.92 bits per heavy atom. The van der Waals surface area contributed by atoms with E-state index in [1.54, 1.807) is 18.2 Å². The van der Waals surface area contributed by atoms with Gasteiger partial charge in [-0.15, -0.1) is 0 Å². The van der Waals surface area contributed by atoms with Crippen molar-refractivity contribution >= 4 is 39.2 Å². The summed E-state index contributed by atoms with van der Waals surface area (Å²) in [5, 5.41) is 5.12. The van der Waals surface area contributed by atoms with Crippen molar-refractivity contribution in [3.8, 4) is 0 Å². The number of rotatable bonds is 6. The average molecular weight is 359 g/mol. The lowest BCUT2D eigenvalue weighted by Crippen LogP contribution is -2.28. The Balaban J connectivity index is 2.06. The van der Waals surface area contributed by atoms with Gasteiger partial charge in [0.25, 0.3) is 0 Å². The lowest BCUT2D eigenvalue weighted by molar-refractivity contribution is 0.316. The van der Waals surface area contributed by atoms with Gasteiger partial charge in [0.05, 0.1) is 10.8 Å². The molecule has 0 aliphatic carbocycles. The van der Waals surface area contributed by atoms with Gasteiger partial charge in [-0.3, -0.25) is 4.79 Å². The van der Waals surface area contributed by atoms with Crippen molar-refractivity contribution < 1.29 is 4.42 Å². The highest BCUT2D eigenvalue weighted by Gasteiger charge is 2.14. The number of fused-ring (bicyclic) bond motifs is 2. The van der Waals surface area contributed by atoms with E-state index in [1.807, 2.05) is 19.1 Å². The minimum absolute atomic E-state index is 0.0260. The number of anilines is 1. The minimum Gasteiger partial charge on any atom is -0.455 e. The highest BCUT2D eigenvalue weighted by Crippen LogP contribution is 2.28. The van der Waals surface area contributed by atoms with Crippen LogP contribution in [0.2, 0.25) is 5.02 Å². The fourth-order valence-corrected chi connectivity index (χ4v) is 3.25. The molecule has 0 radical (unpaired) electrons. The lowest BCUT2D eigenvalue weighted by atomic mass is 10.1. The van der Waals surface area contributed by atoms with Crippen LogP contribution in [0.5, 0.6) is 0 Å². The number of hydrogen-bond acceptors (Lipinski definition) is 4. The Bertz CT molecular complexity index is 961. The smallest absolute Gasteiger partial charge is 0.202 e. The van der Waals surface area contributed by atoms with Crippen molar-refractivity contribution in [2.24, 2.45) is 0 Å². The normalized spacial score (nSPS) is 11.6. The molecule has 1 heterocycles. The molecular formula is C20H23ClN2O2. The summed E-state index contributed by atoms with van der Waals surface area (Å²) in [6, 6.07) is 9.07. The van der Waals surface area contributed by atoms with Gasteiger partial charge in [-0.05, 0) is 43.8 Å². The fourth-order valence-electron chi connectivity index (χ4n) is 3.09. The highest BCUT2D eigenvalue weighted by molar-refractivity contribution is 6.31. The molecule has 4 nitrogen and oxygen atoms in total. The van der Waals surface area contributed by atoms with Gasteiger partial charge < -0.3 is 14.6 Å². The molecule has 0 atom stereocenters. The maximum atomic E-state index is 13.0. The molecule has 3 aromatic rings. The maximum absolute atomic E-state index is 13.0. The predicted octanol–water partition coefficient (Wildman–Crippen LogP) is 4.66. The summed E-state index contributed by atoms with van der Waals surface area (Å²) in [5.41, 5.74) is 2.87. The Morgan fingerprint density at radius 3 is 2.64 bits per heavy atom. The summed E-state index contributed by atoms with van der Waals surface area (Å²) < 4.78 is 6.01. The molecule has 0 unspecified atom stereocenters. The van der Waals surface area contributed by atoms with Crippen molar-refractivity contribution in [1.82, 2.24) is 4.90 Å². The van der Waals surface area contributed by atoms with Gasteiger partial charge in [0.15, 0.2) is 0 Å². The number of aryl methyl sites for hydroxylation is 1. The molecule has 132 valence electrons. The topological polar surface area (TPSA) is 45.5 Å². The van der Waals surface area contributed by atoms with E-state index < -0.39 is 0 Å². The lowest BCUT2D eigenvalue weighted by Gasteiger charge is -2.19. The zero-order chi connectivity index (χ0) is 18.0. The molecule has 0 bridgehead atoms. The fraction of sp³-hybridized carbons (Fsp3) is 0.350.